The summed E-state index contributed by atoms with van der Waals surface area (Å²) in [5.41, 5.74) is 3.76. The van der Waals surface area contributed by atoms with Crippen molar-refractivity contribution in [2.24, 2.45) is 0 Å². The maximum atomic E-state index is 11.1. The monoisotopic (exact) mass is 329 g/mol. The van der Waals surface area contributed by atoms with E-state index in [1.54, 1.807) is 32.1 Å². The van der Waals surface area contributed by atoms with Crippen LogP contribution in [0.2, 0.25) is 0 Å². The summed E-state index contributed by atoms with van der Waals surface area (Å²) in [4.78, 5) is 12.2. The van der Waals surface area contributed by atoms with E-state index in [0.29, 0.717) is 6.61 Å². The van der Waals surface area contributed by atoms with Gasteiger partial charge < -0.3 is 4.74 Å². The van der Waals surface area contributed by atoms with E-state index in [0.717, 1.165) is 18.7 Å². The molecule has 0 N–H and O–H groups in total. The second-order valence-corrected chi connectivity index (χ2v) is 6.59. The molecule has 0 spiro atoms. The number of hydrogen-bond donors (Lipinski definition) is 0. The zero-order valence-electron chi connectivity index (χ0n) is 13.9. The Balaban J connectivity index is 2.05. The van der Waals surface area contributed by atoms with Crippen LogP contribution in [0.15, 0.2) is 47.4 Å². The lowest BCUT2D eigenvalue weighted by atomic mass is 10.1. The van der Waals surface area contributed by atoms with Crippen LogP contribution in [-0.4, -0.2) is 23.8 Å². The molecule has 0 aliphatic carbocycles. The number of hydrogen-bond acceptors (Lipinski definition) is 4. The van der Waals surface area contributed by atoms with Crippen molar-refractivity contribution in [3.8, 4) is 0 Å². The van der Waals surface area contributed by atoms with Gasteiger partial charge in [-0.15, -0.1) is 0 Å². The van der Waals surface area contributed by atoms with Gasteiger partial charge in [0.05, 0.1) is 6.61 Å². The summed E-state index contributed by atoms with van der Waals surface area (Å²) in [6.07, 6.45) is 9.73. The Bertz CT molecular complexity index is 647. The number of ether oxygens (including phenoxy) is 1. The Hall–Kier alpha value is -1.62. The number of benzene rings is 1. The van der Waals surface area contributed by atoms with Crippen molar-refractivity contribution in [3.05, 3.63) is 64.1 Å². The molecule has 4 heteroatoms. The Morgan fingerprint density at radius 2 is 2.09 bits per heavy atom. The van der Waals surface area contributed by atoms with E-state index in [-0.39, 0.29) is 5.78 Å². The molecule has 0 radical (unpaired) electrons. The summed E-state index contributed by atoms with van der Waals surface area (Å²) in [6, 6.07) is 6.40. The van der Waals surface area contributed by atoms with Gasteiger partial charge in [0.25, 0.3) is 0 Å². The topological polar surface area (TPSA) is 29.5 Å². The molecule has 0 saturated carbocycles. The molecule has 0 fully saturated rings. The van der Waals surface area contributed by atoms with Gasteiger partial charge in [0.2, 0.25) is 0 Å². The van der Waals surface area contributed by atoms with Crippen molar-refractivity contribution in [3.63, 3.8) is 0 Å². The molecular weight excluding hydrogens is 306 g/mol. The van der Waals surface area contributed by atoms with E-state index in [1.807, 2.05) is 19.1 Å². The van der Waals surface area contributed by atoms with Gasteiger partial charge in [-0.25, -0.2) is 4.31 Å². The maximum absolute atomic E-state index is 11.1. The van der Waals surface area contributed by atoms with E-state index in [9.17, 15) is 4.79 Å². The van der Waals surface area contributed by atoms with E-state index in [1.165, 1.54) is 16.0 Å². The lowest BCUT2D eigenvalue weighted by Crippen LogP contribution is -2.06. The largest absolute Gasteiger partial charge is 0.381 e. The van der Waals surface area contributed by atoms with Crippen LogP contribution in [0.3, 0.4) is 0 Å². The van der Waals surface area contributed by atoms with E-state index >= 15 is 0 Å². The summed E-state index contributed by atoms with van der Waals surface area (Å²) < 4.78 is 7.47. The van der Waals surface area contributed by atoms with Crippen molar-refractivity contribution in [1.29, 1.82) is 0 Å². The molecule has 1 aliphatic rings. The predicted molar refractivity (Wildman–Crippen MR) is 97.8 cm³/mol. The molecule has 0 aromatic heterocycles. The molecule has 0 saturated heterocycles. The van der Waals surface area contributed by atoms with Gasteiger partial charge in [0.1, 0.15) is 0 Å². The van der Waals surface area contributed by atoms with Crippen molar-refractivity contribution in [2.45, 2.75) is 26.9 Å². The van der Waals surface area contributed by atoms with Crippen molar-refractivity contribution in [2.75, 3.05) is 13.7 Å². The first-order valence-electron chi connectivity index (χ1n) is 7.67. The van der Waals surface area contributed by atoms with Gasteiger partial charge in [-0.2, -0.15) is 0 Å². The number of nitrogens with zero attached hydrogens (tertiary/aromatic N) is 1. The summed E-state index contributed by atoms with van der Waals surface area (Å²) in [5.74, 6) is 0.0713. The standard InChI is InChI=1S/C19H23NO2S/c1-4-5-19(10-11-22-3)23-20-13-17-9-8-16(7-6-15(2)21)12-18(17)14-20/h4-10,12H,11,13-14H2,1-3H3/b5-4-,7-6+,19-10+. The quantitative estimate of drug-likeness (QED) is 0.422. The maximum Gasteiger partial charge on any atom is 0.152 e. The van der Waals surface area contributed by atoms with Crippen molar-refractivity contribution in [1.82, 2.24) is 4.31 Å². The second kappa shape index (κ2) is 8.87. The van der Waals surface area contributed by atoms with E-state index < -0.39 is 0 Å². The first-order chi connectivity index (χ1) is 11.1. The lowest BCUT2D eigenvalue weighted by Gasteiger charge is -2.14. The SMILES string of the molecule is C/C=C\C(=C/COC)SN1Cc2ccc(/C=C/C(C)=O)cc2C1. The minimum absolute atomic E-state index is 0.0713. The highest BCUT2D eigenvalue weighted by Crippen LogP contribution is 2.33. The third-order valence-electron chi connectivity index (χ3n) is 3.45. The number of ketones is 1. The minimum Gasteiger partial charge on any atom is -0.381 e. The average Bonchev–Trinajstić information content (AvgIpc) is 2.92. The highest BCUT2D eigenvalue weighted by Gasteiger charge is 2.20. The molecule has 0 unspecified atom stereocenters. The summed E-state index contributed by atoms with van der Waals surface area (Å²) in [5, 5.41) is 0. The normalized spacial score (nSPS) is 15.7. The van der Waals surface area contributed by atoms with Crippen molar-refractivity contribution < 1.29 is 9.53 Å². The second-order valence-electron chi connectivity index (χ2n) is 5.42. The molecule has 1 aromatic rings. The number of carbonyl (C=O) groups excluding carboxylic acids is 1. The van der Waals surface area contributed by atoms with Gasteiger partial charge in [-0.1, -0.05) is 36.4 Å². The third kappa shape index (κ3) is 5.50. The molecule has 1 aliphatic heterocycles. The highest BCUT2D eigenvalue weighted by molar-refractivity contribution is 8.01. The number of methoxy groups -OCH3 is 1. The molecule has 122 valence electrons. The number of rotatable bonds is 7. The first-order valence-corrected chi connectivity index (χ1v) is 8.45. The van der Waals surface area contributed by atoms with Crippen LogP contribution in [0.5, 0.6) is 0 Å². The zero-order chi connectivity index (χ0) is 16.7. The molecule has 0 amide bonds. The van der Waals surface area contributed by atoms with Gasteiger partial charge in [0, 0.05) is 25.1 Å². The van der Waals surface area contributed by atoms with Crippen LogP contribution in [0.1, 0.15) is 30.5 Å². The Morgan fingerprint density at radius 1 is 1.30 bits per heavy atom. The molecule has 23 heavy (non-hydrogen) atoms. The zero-order valence-corrected chi connectivity index (χ0v) is 14.7. The van der Waals surface area contributed by atoms with Gasteiger partial charge >= 0.3 is 0 Å². The molecule has 0 bridgehead atoms. The van der Waals surface area contributed by atoms with Crippen LogP contribution < -0.4 is 0 Å². The van der Waals surface area contributed by atoms with Gasteiger partial charge in [-0.3, -0.25) is 4.79 Å². The average molecular weight is 329 g/mol. The summed E-state index contributed by atoms with van der Waals surface area (Å²) >= 11 is 1.75. The van der Waals surface area contributed by atoms with Gasteiger partial charge in [-0.05, 0) is 54.6 Å². The van der Waals surface area contributed by atoms with Crippen LogP contribution >= 0.6 is 11.9 Å². The van der Waals surface area contributed by atoms with Crippen molar-refractivity contribution >= 4 is 23.8 Å². The van der Waals surface area contributed by atoms with Crippen LogP contribution in [0.4, 0.5) is 0 Å². The fourth-order valence-corrected chi connectivity index (χ4v) is 3.42. The summed E-state index contributed by atoms with van der Waals surface area (Å²) in [6.45, 7) is 6.04. The van der Waals surface area contributed by atoms with Crippen LogP contribution in [-0.2, 0) is 22.6 Å². The fourth-order valence-electron chi connectivity index (χ4n) is 2.38. The van der Waals surface area contributed by atoms with E-state index in [4.69, 9.17) is 4.74 Å². The first kappa shape index (κ1) is 17.7. The third-order valence-corrected chi connectivity index (χ3v) is 4.48. The number of fused-ring (bicyclic) bond motifs is 1. The highest BCUT2D eigenvalue weighted by atomic mass is 32.2. The molecule has 3 nitrogen and oxygen atoms in total. The molecule has 1 heterocycles. The molecule has 0 atom stereocenters. The Kier molecular flexibility index (Phi) is 6.84. The predicted octanol–water partition coefficient (Wildman–Crippen LogP) is 4.36. The fraction of sp³-hybridized carbons (Fsp3) is 0.316. The smallest absolute Gasteiger partial charge is 0.152 e. The number of carbonyl (C=O) groups is 1. The van der Waals surface area contributed by atoms with Crippen LogP contribution in [0, 0.1) is 0 Å². The van der Waals surface area contributed by atoms with Gasteiger partial charge in [0.15, 0.2) is 5.78 Å². The molecule has 2 rings (SSSR count). The summed E-state index contributed by atoms with van der Waals surface area (Å²) in [7, 11) is 1.70. The van der Waals surface area contributed by atoms with Crippen LogP contribution in [0.25, 0.3) is 6.08 Å². The number of allylic oxidation sites excluding steroid dienone is 3. The Labute approximate surface area is 142 Å². The lowest BCUT2D eigenvalue weighted by molar-refractivity contribution is -0.112. The van der Waals surface area contributed by atoms with E-state index in [2.05, 4.69) is 34.7 Å². The minimum atomic E-state index is 0.0713. The Morgan fingerprint density at radius 3 is 2.78 bits per heavy atom. The molecular formula is C19H23NO2S. The molecule has 1 aromatic carbocycles.